The van der Waals surface area contributed by atoms with E-state index in [-0.39, 0.29) is 0 Å². The molecule has 0 aliphatic rings. The van der Waals surface area contributed by atoms with E-state index in [0.29, 0.717) is 6.04 Å². The highest BCUT2D eigenvalue weighted by Gasteiger charge is 2.04. The minimum absolute atomic E-state index is 0.558. The van der Waals surface area contributed by atoms with Crippen molar-refractivity contribution in [3.8, 4) is 0 Å². The number of ether oxygens (including phenoxy) is 1. The zero-order chi connectivity index (χ0) is 10.9. The first-order chi connectivity index (χ1) is 7.36. The van der Waals surface area contributed by atoms with Crippen LogP contribution in [0.2, 0.25) is 0 Å². The minimum atomic E-state index is 0.558. The molecule has 1 N–H and O–H groups in total. The zero-order valence-corrected chi connectivity index (χ0v) is 9.70. The maximum atomic E-state index is 5.06. The van der Waals surface area contributed by atoms with Gasteiger partial charge < -0.3 is 10.1 Å². The molecular formula is C13H21NO. The summed E-state index contributed by atoms with van der Waals surface area (Å²) in [6, 6.07) is 10.9. The molecule has 1 unspecified atom stereocenters. The first kappa shape index (κ1) is 12.1. The van der Waals surface area contributed by atoms with Crippen molar-refractivity contribution in [3.05, 3.63) is 30.3 Å². The molecule has 0 radical (unpaired) electrons. The van der Waals surface area contributed by atoms with Crippen LogP contribution in [-0.4, -0.2) is 19.8 Å². The number of hydrogen-bond acceptors (Lipinski definition) is 2. The highest BCUT2D eigenvalue weighted by atomic mass is 16.5. The van der Waals surface area contributed by atoms with E-state index in [1.807, 2.05) is 6.07 Å². The standard InChI is InChI=1S/C13H21NO/c1-3-12(10-7-11-15-2)14-13-8-5-4-6-9-13/h4-6,8-9,12,14H,3,7,10-11H2,1-2H3. The fraction of sp³-hybridized carbons (Fsp3) is 0.538. The molecule has 0 amide bonds. The molecule has 2 nitrogen and oxygen atoms in total. The lowest BCUT2D eigenvalue weighted by Crippen LogP contribution is -2.18. The summed E-state index contributed by atoms with van der Waals surface area (Å²) in [5.41, 5.74) is 1.21. The lowest BCUT2D eigenvalue weighted by Gasteiger charge is -2.17. The van der Waals surface area contributed by atoms with Gasteiger partial charge in [0.15, 0.2) is 0 Å². The Morgan fingerprint density at radius 3 is 2.60 bits per heavy atom. The van der Waals surface area contributed by atoms with Gasteiger partial charge in [0.1, 0.15) is 0 Å². The van der Waals surface area contributed by atoms with Gasteiger partial charge in [0.2, 0.25) is 0 Å². The smallest absolute Gasteiger partial charge is 0.0463 e. The zero-order valence-electron chi connectivity index (χ0n) is 9.70. The molecule has 1 aromatic rings. The van der Waals surface area contributed by atoms with E-state index in [0.717, 1.165) is 19.4 Å². The summed E-state index contributed by atoms with van der Waals surface area (Å²) in [6.07, 6.45) is 3.44. The fourth-order valence-corrected chi connectivity index (χ4v) is 1.62. The molecule has 0 saturated carbocycles. The lowest BCUT2D eigenvalue weighted by atomic mass is 10.1. The van der Waals surface area contributed by atoms with Crippen molar-refractivity contribution in [2.45, 2.75) is 32.2 Å². The van der Waals surface area contributed by atoms with Crippen LogP contribution in [0.5, 0.6) is 0 Å². The van der Waals surface area contributed by atoms with Crippen LogP contribution in [0.15, 0.2) is 30.3 Å². The minimum Gasteiger partial charge on any atom is -0.385 e. The Labute approximate surface area is 92.6 Å². The summed E-state index contributed by atoms with van der Waals surface area (Å²) in [5.74, 6) is 0. The molecule has 0 aliphatic carbocycles. The summed E-state index contributed by atoms with van der Waals surface area (Å²) in [6.45, 7) is 3.07. The summed E-state index contributed by atoms with van der Waals surface area (Å²) in [5, 5.41) is 3.53. The Kier molecular flexibility index (Phi) is 5.86. The Balaban J connectivity index is 2.33. The number of para-hydroxylation sites is 1. The summed E-state index contributed by atoms with van der Waals surface area (Å²) in [4.78, 5) is 0. The molecule has 0 aromatic heterocycles. The van der Waals surface area contributed by atoms with Crippen LogP contribution < -0.4 is 5.32 Å². The topological polar surface area (TPSA) is 21.3 Å². The van der Waals surface area contributed by atoms with Crippen LogP contribution in [0.25, 0.3) is 0 Å². The Morgan fingerprint density at radius 2 is 2.00 bits per heavy atom. The van der Waals surface area contributed by atoms with Crippen molar-refractivity contribution in [1.82, 2.24) is 0 Å². The predicted octanol–water partition coefficient (Wildman–Crippen LogP) is 3.30. The van der Waals surface area contributed by atoms with Crippen LogP contribution in [0.3, 0.4) is 0 Å². The van der Waals surface area contributed by atoms with Gasteiger partial charge in [-0.1, -0.05) is 25.1 Å². The molecule has 15 heavy (non-hydrogen) atoms. The maximum absolute atomic E-state index is 5.06. The number of benzene rings is 1. The molecule has 84 valence electrons. The fourth-order valence-electron chi connectivity index (χ4n) is 1.62. The molecular weight excluding hydrogens is 186 g/mol. The third kappa shape index (κ3) is 4.84. The van der Waals surface area contributed by atoms with Gasteiger partial charge in [0.05, 0.1) is 0 Å². The molecule has 1 aromatic carbocycles. The Bertz CT molecular complexity index is 248. The Morgan fingerprint density at radius 1 is 1.27 bits per heavy atom. The first-order valence-corrected chi connectivity index (χ1v) is 5.67. The predicted molar refractivity (Wildman–Crippen MR) is 65.3 cm³/mol. The van der Waals surface area contributed by atoms with Crippen molar-refractivity contribution in [2.24, 2.45) is 0 Å². The number of anilines is 1. The molecule has 0 bridgehead atoms. The summed E-state index contributed by atoms with van der Waals surface area (Å²) < 4.78 is 5.06. The van der Waals surface area contributed by atoms with Gasteiger partial charge >= 0.3 is 0 Å². The molecule has 1 rings (SSSR count). The van der Waals surface area contributed by atoms with Crippen LogP contribution in [0.1, 0.15) is 26.2 Å². The van der Waals surface area contributed by atoms with E-state index >= 15 is 0 Å². The van der Waals surface area contributed by atoms with Gasteiger partial charge in [0.25, 0.3) is 0 Å². The van der Waals surface area contributed by atoms with Crippen molar-refractivity contribution < 1.29 is 4.74 Å². The van der Waals surface area contributed by atoms with Crippen molar-refractivity contribution in [1.29, 1.82) is 0 Å². The molecule has 0 fully saturated rings. The SMILES string of the molecule is CCC(CCCOC)Nc1ccccc1. The molecule has 0 saturated heterocycles. The van der Waals surface area contributed by atoms with Gasteiger partial charge in [-0.15, -0.1) is 0 Å². The second-order valence-electron chi connectivity index (χ2n) is 3.75. The van der Waals surface area contributed by atoms with Crippen molar-refractivity contribution >= 4 is 5.69 Å². The van der Waals surface area contributed by atoms with Crippen molar-refractivity contribution in [3.63, 3.8) is 0 Å². The van der Waals surface area contributed by atoms with Gasteiger partial charge in [-0.25, -0.2) is 0 Å². The summed E-state index contributed by atoms with van der Waals surface area (Å²) in [7, 11) is 1.76. The third-order valence-electron chi connectivity index (χ3n) is 2.54. The quantitative estimate of drug-likeness (QED) is 0.693. The average Bonchev–Trinajstić information content (AvgIpc) is 2.29. The summed E-state index contributed by atoms with van der Waals surface area (Å²) >= 11 is 0. The molecule has 0 aliphatic heterocycles. The van der Waals surface area contributed by atoms with Gasteiger partial charge in [-0.2, -0.15) is 0 Å². The van der Waals surface area contributed by atoms with Gasteiger partial charge in [-0.05, 0) is 31.4 Å². The van der Waals surface area contributed by atoms with Crippen LogP contribution in [0, 0.1) is 0 Å². The van der Waals surface area contributed by atoms with E-state index in [1.165, 1.54) is 12.1 Å². The van der Waals surface area contributed by atoms with Crippen LogP contribution in [-0.2, 0) is 4.74 Å². The second-order valence-corrected chi connectivity index (χ2v) is 3.75. The maximum Gasteiger partial charge on any atom is 0.0463 e. The van der Waals surface area contributed by atoms with E-state index in [1.54, 1.807) is 7.11 Å². The van der Waals surface area contributed by atoms with Gasteiger partial charge in [-0.3, -0.25) is 0 Å². The van der Waals surface area contributed by atoms with E-state index in [9.17, 15) is 0 Å². The lowest BCUT2D eigenvalue weighted by molar-refractivity contribution is 0.191. The first-order valence-electron chi connectivity index (χ1n) is 5.67. The van der Waals surface area contributed by atoms with E-state index in [4.69, 9.17) is 4.74 Å². The molecule has 1 atom stereocenters. The largest absolute Gasteiger partial charge is 0.385 e. The van der Waals surface area contributed by atoms with Crippen LogP contribution >= 0.6 is 0 Å². The normalized spacial score (nSPS) is 12.4. The molecule has 2 heteroatoms. The highest BCUT2D eigenvalue weighted by Crippen LogP contribution is 2.12. The number of hydrogen-bond donors (Lipinski definition) is 1. The number of methoxy groups -OCH3 is 1. The van der Waals surface area contributed by atoms with Crippen molar-refractivity contribution in [2.75, 3.05) is 19.0 Å². The van der Waals surface area contributed by atoms with Gasteiger partial charge in [0, 0.05) is 25.4 Å². The average molecular weight is 207 g/mol. The Hall–Kier alpha value is -1.02. The second kappa shape index (κ2) is 7.30. The number of rotatable bonds is 7. The van der Waals surface area contributed by atoms with Crippen LogP contribution in [0.4, 0.5) is 5.69 Å². The number of nitrogens with one attached hydrogen (secondary N) is 1. The molecule has 0 spiro atoms. The monoisotopic (exact) mass is 207 g/mol. The third-order valence-corrected chi connectivity index (χ3v) is 2.54. The molecule has 0 heterocycles. The van der Waals surface area contributed by atoms with E-state index < -0.39 is 0 Å². The van der Waals surface area contributed by atoms with E-state index in [2.05, 4.69) is 36.5 Å². The highest BCUT2D eigenvalue weighted by molar-refractivity contribution is 5.43.